The number of rotatable bonds is 5. The summed E-state index contributed by atoms with van der Waals surface area (Å²) in [4.78, 5) is 27.9. The summed E-state index contributed by atoms with van der Waals surface area (Å²) in [6.07, 6.45) is 6.28. The number of benzene rings is 1. The van der Waals surface area contributed by atoms with E-state index in [1.54, 1.807) is 30.6 Å². The largest absolute Gasteiger partial charge is 0.465 e. The Morgan fingerprint density at radius 1 is 0.957 bits per heavy atom. The quantitative estimate of drug-likeness (QED) is 0.521. The number of nitrogens with zero attached hydrogens (tertiary/aromatic N) is 1. The highest BCUT2D eigenvalue weighted by Crippen LogP contribution is 2.19. The first-order valence-corrected chi connectivity index (χ1v) is 6.89. The van der Waals surface area contributed by atoms with E-state index in [1.165, 1.54) is 13.2 Å². The van der Waals surface area contributed by atoms with Crippen LogP contribution in [0.5, 0.6) is 0 Å². The van der Waals surface area contributed by atoms with Gasteiger partial charge < -0.3 is 10.5 Å². The summed E-state index contributed by atoms with van der Waals surface area (Å²) in [5.74, 6) is -1.35. The fourth-order valence-corrected chi connectivity index (χ4v) is 1.98. The van der Waals surface area contributed by atoms with Gasteiger partial charge in [0.25, 0.3) is 0 Å². The minimum atomic E-state index is -0.714. The molecule has 5 heteroatoms. The average Bonchev–Trinajstić information content (AvgIpc) is 2.59. The zero-order chi connectivity index (χ0) is 16.7. The molecule has 0 bridgehead atoms. The van der Waals surface area contributed by atoms with Crippen molar-refractivity contribution in [3.05, 3.63) is 77.1 Å². The minimum Gasteiger partial charge on any atom is -0.465 e. The number of amides is 1. The Morgan fingerprint density at radius 2 is 1.52 bits per heavy atom. The van der Waals surface area contributed by atoms with Gasteiger partial charge in [0.15, 0.2) is 0 Å². The lowest BCUT2D eigenvalue weighted by atomic mass is 10.00. The van der Waals surface area contributed by atoms with Crippen molar-refractivity contribution in [2.75, 3.05) is 7.11 Å². The van der Waals surface area contributed by atoms with Crippen LogP contribution in [-0.4, -0.2) is 24.0 Å². The highest BCUT2D eigenvalue weighted by molar-refractivity contribution is 6.13. The first kappa shape index (κ1) is 16.2. The maximum Gasteiger partial charge on any atom is 0.338 e. The Labute approximate surface area is 134 Å². The normalized spacial score (nSPS) is 11.9. The molecule has 2 rings (SSSR count). The van der Waals surface area contributed by atoms with Crippen molar-refractivity contribution in [2.45, 2.75) is 0 Å². The molecule has 0 atom stereocenters. The van der Waals surface area contributed by atoms with E-state index in [1.807, 2.05) is 30.3 Å². The van der Waals surface area contributed by atoms with Crippen LogP contribution in [0.4, 0.5) is 0 Å². The van der Waals surface area contributed by atoms with E-state index in [-0.39, 0.29) is 11.1 Å². The molecule has 2 N–H and O–H groups in total. The summed E-state index contributed by atoms with van der Waals surface area (Å²) in [6.45, 7) is 0. The molecular weight excluding hydrogens is 292 g/mol. The summed E-state index contributed by atoms with van der Waals surface area (Å²) in [5.41, 5.74) is 7.10. The van der Waals surface area contributed by atoms with E-state index >= 15 is 0 Å². The standard InChI is InChI=1S/C18H16N2O3/c1-23-18(22)16(12-13-5-3-2-4-6-13)15(17(19)21)11-14-7-9-20-10-8-14/h2-12H,1H3,(H2,19,21)/b15-11-,16-12-. The van der Waals surface area contributed by atoms with E-state index in [2.05, 4.69) is 4.98 Å². The van der Waals surface area contributed by atoms with Gasteiger partial charge in [-0.05, 0) is 35.4 Å². The van der Waals surface area contributed by atoms with Crippen LogP contribution >= 0.6 is 0 Å². The number of hydrogen-bond acceptors (Lipinski definition) is 4. The molecule has 0 radical (unpaired) electrons. The Morgan fingerprint density at radius 3 is 2.09 bits per heavy atom. The van der Waals surface area contributed by atoms with Crippen LogP contribution in [-0.2, 0) is 14.3 Å². The Balaban J connectivity index is 2.55. The molecule has 0 aliphatic heterocycles. The molecule has 1 aromatic carbocycles. The van der Waals surface area contributed by atoms with Crippen molar-refractivity contribution in [2.24, 2.45) is 5.73 Å². The zero-order valence-corrected chi connectivity index (χ0v) is 12.6. The molecular formula is C18H16N2O3. The van der Waals surface area contributed by atoms with Crippen molar-refractivity contribution in [3.63, 3.8) is 0 Å². The number of carbonyl (C=O) groups is 2. The second kappa shape index (κ2) is 7.70. The van der Waals surface area contributed by atoms with Gasteiger partial charge in [0.05, 0.1) is 18.3 Å². The molecule has 0 aliphatic carbocycles. The average molecular weight is 308 g/mol. The Bertz CT molecular complexity index is 750. The fraction of sp³-hybridized carbons (Fsp3) is 0.0556. The second-order valence-electron chi connectivity index (χ2n) is 4.66. The molecule has 0 spiro atoms. The number of aromatic nitrogens is 1. The molecule has 0 unspecified atom stereocenters. The lowest BCUT2D eigenvalue weighted by molar-refractivity contribution is -0.136. The van der Waals surface area contributed by atoms with Crippen molar-refractivity contribution >= 4 is 24.0 Å². The van der Waals surface area contributed by atoms with Crippen LogP contribution in [0, 0.1) is 0 Å². The third-order valence-corrected chi connectivity index (χ3v) is 3.09. The van der Waals surface area contributed by atoms with Crippen molar-refractivity contribution in [1.82, 2.24) is 4.98 Å². The zero-order valence-electron chi connectivity index (χ0n) is 12.6. The van der Waals surface area contributed by atoms with Gasteiger partial charge in [-0.1, -0.05) is 30.3 Å². The van der Waals surface area contributed by atoms with Crippen LogP contribution in [0.3, 0.4) is 0 Å². The lowest BCUT2D eigenvalue weighted by Crippen LogP contribution is -2.20. The third-order valence-electron chi connectivity index (χ3n) is 3.09. The molecule has 1 aromatic heterocycles. The van der Waals surface area contributed by atoms with E-state index in [0.29, 0.717) is 5.56 Å². The first-order chi connectivity index (χ1) is 11.1. The number of carbonyl (C=O) groups excluding carboxylic acids is 2. The third kappa shape index (κ3) is 4.38. The van der Waals surface area contributed by atoms with Gasteiger partial charge in [0.2, 0.25) is 5.91 Å². The maximum atomic E-state index is 12.1. The smallest absolute Gasteiger partial charge is 0.338 e. The van der Waals surface area contributed by atoms with Gasteiger partial charge in [-0.15, -0.1) is 0 Å². The summed E-state index contributed by atoms with van der Waals surface area (Å²) in [5, 5.41) is 0. The molecule has 116 valence electrons. The molecule has 0 saturated carbocycles. The molecule has 23 heavy (non-hydrogen) atoms. The van der Waals surface area contributed by atoms with E-state index in [9.17, 15) is 9.59 Å². The Kier molecular flexibility index (Phi) is 5.41. The van der Waals surface area contributed by atoms with Gasteiger partial charge >= 0.3 is 5.97 Å². The summed E-state index contributed by atoms with van der Waals surface area (Å²) in [6, 6.07) is 12.6. The van der Waals surface area contributed by atoms with Gasteiger partial charge in [0, 0.05) is 12.4 Å². The SMILES string of the molecule is COC(=O)C(=C\c1ccccc1)/C(=C/c1ccncc1)C(N)=O. The van der Waals surface area contributed by atoms with Gasteiger partial charge in [-0.25, -0.2) is 4.79 Å². The summed E-state index contributed by atoms with van der Waals surface area (Å²) < 4.78 is 4.79. The molecule has 0 aliphatic rings. The van der Waals surface area contributed by atoms with E-state index in [0.717, 1.165) is 5.56 Å². The number of hydrogen-bond donors (Lipinski definition) is 1. The highest BCUT2D eigenvalue weighted by atomic mass is 16.5. The van der Waals surface area contributed by atoms with Crippen LogP contribution < -0.4 is 5.73 Å². The van der Waals surface area contributed by atoms with Crippen molar-refractivity contribution in [3.8, 4) is 0 Å². The number of primary amides is 1. The van der Waals surface area contributed by atoms with Crippen molar-refractivity contribution in [1.29, 1.82) is 0 Å². The second-order valence-corrected chi connectivity index (χ2v) is 4.66. The van der Waals surface area contributed by atoms with E-state index in [4.69, 9.17) is 10.5 Å². The van der Waals surface area contributed by atoms with Gasteiger partial charge in [-0.3, -0.25) is 9.78 Å². The molecule has 0 saturated heterocycles. The molecule has 1 heterocycles. The van der Waals surface area contributed by atoms with Crippen molar-refractivity contribution < 1.29 is 14.3 Å². The Hall–Kier alpha value is -3.21. The first-order valence-electron chi connectivity index (χ1n) is 6.89. The number of ether oxygens (including phenoxy) is 1. The van der Waals surface area contributed by atoms with Crippen LogP contribution in [0.2, 0.25) is 0 Å². The predicted molar refractivity (Wildman–Crippen MR) is 87.8 cm³/mol. The van der Waals surface area contributed by atoms with E-state index < -0.39 is 11.9 Å². The molecule has 0 fully saturated rings. The number of methoxy groups -OCH3 is 1. The number of nitrogens with two attached hydrogens (primary N) is 1. The highest BCUT2D eigenvalue weighted by Gasteiger charge is 2.19. The summed E-state index contributed by atoms with van der Waals surface area (Å²) in [7, 11) is 1.26. The predicted octanol–water partition coefficient (Wildman–Crippen LogP) is 2.21. The van der Waals surface area contributed by atoms with Crippen LogP contribution in [0.25, 0.3) is 12.2 Å². The monoisotopic (exact) mass is 308 g/mol. The molecule has 1 amide bonds. The summed E-state index contributed by atoms with van der Waals surface area (Å²) >= 11 is 0. The van der Waals surface area contributed by atoms with Gasteiger partial charge in [-0.2, -0.15) is 0 Å². The number of esters is 1. The lowest BCUT2D eigenvalue weighted by Gasteiger charge is -2.08. The maximum absolute atomic E-state index is 12.1. The molecule has 5 nitrogen and oxygen atoms in total. The van der Waals surface area contributed by atoms with Crippen LogP contribution in [0.1, 0.15) is 11.1 Å². The topological polar surface area (TPSA) is 82.3 Å². The van der Waals surface area contributed by atoms with Crippen LogP contribution in [0.15, 0.2) is 66.0 Å². The minimum absolute atomic E-state index is 0.0758. The molecule has 2 aromatic rings. The number of pyridine rings is 1. The fourth-order valence-electron chi connectivity index (χ4n) is 1.98. The van der Waals surface area contributed by atoms with Gasteiger partial charge in [0.1, 0.15) is 0 Å².